The van der Waals surface area contributed by atoms with Crippen molar-refractivity contribution in [3.8, 4) is 26.2 Å². The van der Waals surface area contributed by atoms with E-state index < -0.39 is 0 Å². The molecule has 0 atom stereocenters. The lowest BCUT2D eigenvalue weighted by Crippen LogP contribution is -1.82. The molecule has 20 heavy (non-hydrogen) atoms. The molecular weight excluding hydrogens is 292 g/mol. The van der Waals surface area contributed by atoms with Crippen LogP contribution in [-0.4, -0.2) is 22.3 Å². The maximum absolute atomic E-state index is 5.63. The molecule has 0 saturated carbocycles. The third-order valence-electron chi connectivity index (χ3n) is 2.77. The molecule has 0 fully saturated rings. The van der Waals surface area contributed by atoms with Gasteiger partial charge in [0.25, 0.3) is 0 Å². The molecule has 0 aliphatic carbocycles. The van der Waals surface area contributed by atoms with E-state index in [1.54, 1.807) is 18.4 Å². The minimum atomic E-state index is 0.471. The van der Waals surface area contributed by atoms with E-state index >= 15 is 0 Å². The van der Waals surface area contributed by atoms with E-state index in [2.05, 4.69) is 15.2 Å². The fourth-order valence-electron chi connectivity index (χ4n) is 1.78. The van der Waals surface area contributed by atoms with Gasteiger partial charge < -0.3 is 10.5 Å². The second-order valence-corrected chi connectivity index (χ2v) is 6.12. The van der Waals surface area contributed by atoms with Gasteiger partial charge in [-0.05, 0) is 31.2 Å². The molecule has 0 bridgehead atoms. The van der Waals surface area contributed by atoms with Gasteiger partial charge >= 0.3 is 0 Å². The number of ether oxygens (including phenoxy) is 1. The highest BCUT2D eigenvalue weighted by atomic mass is 32.1. The van der Waals surface area contributed by atoms with Crippen LogP contribution in [0.1, 0.15) is 5.69 Å². The Labute approximate surface area is 124 Å². The first-order valence-corrected chi connectivity index (χ1v) is 7.52. The van der Waals surface area contributed by atoms with E-state index in [0.29, 0.717) is 5.13 Å². The summed E-state index contributed by atoms with van der Waals surface area (Å²) < 4.78 is 5.16. The number of hydrogen-bond donors (Lipinski definition) is 1. The zero-order valence-corrected chi connectivity index (χ0v) is 12.6. The third kappa shape index (κ3) is 2.37. The number of methoxy groups -OCH3 is 1. The maximum atomic E-state index is 5.63. The van der Waals surface area contributed by atoms with Crippen molar-refractivity contribution in [3.63, 3.8) is 0 Å². The Morgan fingerprint density at radius 3 is 2.40 bits per heavy atom. The summed E-state index contributed by atoms with van der Waals surface area (Å²) >= 11 is 2.97. The van der Waals surface area contributed by atoms with Crippen LogP contribution in [0.2, 0.25) is 0 Å². The first kappa shape index (κ1) is 13.0. The highest BCUT2D eigenvalue weighted by molar-refractivity contribution is 7.24. The van der Waals surface area contributed by atoms with Gasteiger partial charge in [0.1, 0.15) is 10.8 Å². The molecule has 2 N–H and O–H groups in total. The van der Waals surface area contributed by atoms with Gasteiger partial charge in [-0.3, -0.25) is 0 Å². The normalized spacial score (nSPS) is 10.7. The van der Waals surface area contributed by atoms with Crippen molar-refractivity contribution in [2.75, 3.05) is 12.8 Å². The summed E-state index contributed by atoms with van der Waals surface area (Å²) in [6.45, 7) is 1.97. The SMILES string of the molecule is COc1ccc(-c2nc(C)c(-c3nnc(N)s3)s2)cc1. The summed E-state index contributed by atoms with van der Waals surface area (Å²) in [7, 11) is 1.65. The monoisotopic (exact) mass is 304 g/mol. The second-order valence-electron chi connectivity index (χ2n) is 4.11. The first-order valence-electron chi connectivity index (χ1n) is 5.88. The molecule has 0 aliphatic heterocycles. The Kier molecular flexibility index (Phi) is 3.37. The average molecular weight is 304 g/mol. The molecule has 2 heterocycles. The van der Waals surface area contributed by atoms with Crippen molar-refractivity contribution in [2.45, 2.75) is 6.92 Å². The van der Waals surface area contributed by atoms with Crippen LogP contribution >= 0.6 is 22.7 Å². The number of nitrogen functional groups attached to an aromatic ring is 1. The predicted molar refractivity (Wildman–Crippen MR) is 82.2 cm³/mol. The molecule has 0 aliphatic rings. The molecule has 102 valence electrons. The largest absolute Gasteiger partial charge is 0.497 e. The highest BCUT2D eigenvalue weighted by Crippen LogP contribution is 2.37. The van der Waals surface area contributed by atoms with E-state index in [1.807, 2.05) is 31.2 Å². The minimum absolute atomic E-state index is 0.471. The van der Waals surface area contributed by atoms with Gasteiger partial charge in [-0.15, -0.1) is 21.5 Å². The molecule has 0 radical (unpaired) electrons. The van der Waals surface area contributed by atoms with E-state index in [-0.39, 0.29) is 0 Å². The van der Waals surface area contributed by atoms with E-state index in [4.69, 9.17) is 10.5 Å². The highest BCUT2D eigenvalue weighted by Gasteiger charge is 2.14. The van der Waals surface area contributed by atoms with Crippen LogP contribution in [0.4, 0.5) is 5.13 Å². The number of nitrogens with two attached hydrogens (primary N) is 1. The van der Waals surface area contributed by atoms with E-state index in [0.717, 1.165) is 31.9 Å². The molecule has 7 heteroatoms. The number of aromatic nitrogens is 3. The summed E-state index contributed by atoms with van der Waals surface area (Å²) in [5.41, 5.74) is 7.63. The first-order chi connectivity index (χ1) is 9.67. The number of anilines is 1. The van der Waals surface area contributed by atoms with Gasteiger partial charge in [-0.2, -0.15) is 0 Å². The summed E-state index contributed by atoms with van der Waals surface area (Å²) in [6, 6.07) is 7.84. The second kappa shape index (κ2) is 5.18. The zero-order chi connectivity index (χ0) is 14.1. The minimum Gasteiger partial charge on any atom is -0.497 e. The number of nitrogens with zero attached hydrogens (tertiary/aromatic N) is 3. The van der Waals surface area contributed by atoms with Gasteiger partial charge in [0, 0.05) is 5.56 Å². The maximum Gasteiger partial charge on any atom is 0.203 e. The molecule has 5 nitrogen and oxygen atoms in total. The van der Waals surface area contributed by atoms with Crippen LogP contribution in [-0.2, 0) is 0 Å². The Balaban J connectivity index is 1.99. The topological polar surface area (TPSA) is 73.9 Å². The molecule has 1 aromatic carbocycles. The molecule has 0 spiro atoms. The fourth-order valence-corrected chi connectivity index (χ4v) is 3.58. The molecule has 0 unspecified atom stereocenters. The Morgan fingerprint density at radius 2 is 1.80 bits per heavy atom. The van der Waals surface area contributed by atoms with Crippen molar-refractivity contribution < 1.29 is 4.74 Å². The van der Waals surface area contributed by atoms with Gasteiger partial charge in [0.2, 0.25) is 5.13 Å². The lowest BCUT2D eigenvalue weighted by molar-refractivity contribution is 0.415. The molecule has 0 amide bonds. The van der Waals surface area contributed by atoms with Crippen LogP contribution in [0.25, 0.3) is 20.5 Å². The van der Waals surface area contributed by atoms with Crippen molar-refractivity contribution in [1.29, 1.82) is 0 Å². The number of hydrogen-bond acceptors (Lipinski definition) is 7. The molecular formula is C13H12N4OS2. The van der Waals surface area contributed by atoms with E-state index in [1.165, 1.54) is 11.3 Å². The van der Waals surface area contributed by atoms with Crippen LogP contribution in [0.15, 0.2) is 24.3 Å². The molecule has 3 rings (SSSR count). The third-order valence-corrected chi connectivity index (χ3v) is 4.88. The number of rotatable bonds is 3. The van der Waals surface area contributed by atoms with Gasteiger partial charge in [0.15, 0.2) is 5.01 Å². The van der Waals surface area contributed by atoms with Crippen molar-refractivity contribution in [3.05, 3.63) is 30.0 Å². The molecule has 0 saturated heterocycles. The molecule has 3 aromatic rings. The number of thiazole rings is 1. The van der Waals surface area contributed by atoms with Gasteiger partial charge in [-0.1, -0.05) is 11.3 Å². The van der Waals surface area contributed by atoms with Crippen molar-refractivity contribution in [2.24, 2.45) is 0 Å². The predicted octanol–water partition coefficient (Wildman–Crippen LogP) is 3.23. The van der Waals surface area contributed by atoms with Crippen molar-refractivity contribution >= 4 is 27.8 Å². The lowest BCUT2D eigenvalue weighted by atomic mass is 10.2. The van der Waals surface area contributed by atoms with Crippen LogP contribution in [0.3, 0.4) is 0 Å². The quantitative estimate of drug-likeness (QED) is 0.804. The Morgan fingerprint density at radius 1 is 1.05 bits per heavy atom. The van der Waals surface area contributed by atoms with Crippen LogP contribution < -0.4 is 10.5 Å². The number of benzene rings is 1. The zero-order valence-electron chi connectivity index (χ0n) is 11.0. The van der Waals surface area contributed by atoms with Gasteiger partial charge in [-0.25, -0.2) is 4.98 Å². The fraction of sp³-hybridized carbons (Fsp3) is 0.154. The lowest BCUT2D eigenvalue weighted by Gasteiger charge is -1.99. The van der Waals surface area contributed by atoms with Crippen molar-refractivity contribution in [1.82, 2.24) is 15.2 Å². The van der Waals surface area contributed by atoms with E-state index in [9.17, 15) is 0 Å². The summed E-state index contributed by atoms with van der Waals surface area (Å²) in [4.78, 5) is 5.62. The Hall–Kier alpha value is -1.99. The summed E-state index contributed by atoms with van der Waals surface area (Å²) in [5.74, 6) is 0.833. The smallest absolute Gasteiger partial charge is 0.203 e. The Bertz CT molecular complexity index is 733. The number of aryl methyl sites for hydroxylation is 1. The van der Waals surface area contributed by atoms with Crippen LogP contribution in [0.5, 0.6) is 5.75 Å². The summed E-state index contributed by atoms with van der Waals surface area (Å²) in [5, 5.41) is 10.2. The standard InChI is InChI=1S/C13H12N4OS2/c1-7-10(12-16-17-13(14)20-12)19-11(15-7)8-3-5-9(18-2)6-4-8/h3-6H,1-2H3,(H2,14,17). The van der Waals surface area contributed by atoms with Gasteiger partial charge in [0.05, 0.1) is 17.7 Å². The average Bonchev–Trinajstić information content (AvgIpc) is 3.05. The molecule has 2 aromatic heterocycles. The summed E-state index contributed by atoms with van der Waals surface area (Å²) in [6.07, 6.45) is 0. The van der Waals surface area contributed by atoms with Crippen LogP contribution in [0, 0.1) is 6.92 Å².